The van der Waals surface area contributed by atoms with Crippen molar-refractivity contribution in [1.82, 2.24) is 14.6 Å². The van der Waals surface area contributed by atoms with E-state index in [0.717, 1.165) is 22.9 Å². The number of quaternary nitrogens is 1. The van der Waals surface area contributed by atoms with Gasteiger partial charge in [-0.15, -0.1) is 0 Å². The minimum atomic E-state index is 0.124. The maximum Gasteiger partial charge on any atom is 0.235 e. The van der Waals surface area contributed by atoms with Gasteiger partial charge in [0.1, 0.15) is 11.2 Å². The molecule has 3 heterocycles. The third-order valence-corrected chi connectivity index (χ3v) is 6.34. The van der Waals surface area contributed by atoms with Crippen molar-refractivity contribution in [3.05, 3.63) is 46.6 Å². The molecular weight excluding hydrogens is 332 g/mol. The van der Waals surface area contributed by atoms with Crippen molar-refractivity contribution in [3.63, 3.8) is 0 Å². The lowest BCUT2D eigenvalue weighted by atomic mass is 9.89. The van der Waals surface area contributed by atoms with Gasteiger partial charge in [-0.3, -0.25) is 0 Å². The SMILES string of the molecule is Cc1ccc([C@H](c2sc3ncnn3c2O)[NH+]2C[C@H](C)C[C@H](C)C2)cc1. The number of piperidine rings is 1. The van der Waals surface area contributed by atoms with Gasteiger partial charge >= 0.3 is 0 Å². The fourth-order valence-corrected chi connectivity index (χ4v) is 5.40. The molecule has 0 bridgehead atoms. The van der Waals surface area contributed by atoms with Gasteiger partial charge in [0.15, 0.2) is 6.04 Å². The summed E-state index contributed by atoms with van der Waals surface area (Å²) in [6.45, 7) is 9.03. The van der Waals surface area contributed by atoms with Crippen LogP contribution in [0.1, 0.15) is 42.3 Å². The Balaban J connectivity index is 1.81. The molecule has 6 heteroatoms. The number of likely N-dealkylation sites (tertiary alicyclic amines) is 1. The molecule has 2 aromatic heterocycles. The second-order valence-electron chi connectivity index (χ2n) is 7.60. The molecule has 5 nitrogen and oxygen atoms in total. The number of aromatic hydroxyl groups is 1. The van der Waals surface area contributed by atoms with Crippen molar-refractivity contribution in [2.24, 2.45) is 11.8 Å². The maximum absolute atomic E-state index is 10.8. The number of fused-ring (bicyclic) bond motifs is 1. The lowest BCUT2D eigenvalue weighted by Gasteiger charge is -2.37. The quantitative estimate of drug-likeness (QED) is 0.757. The molecule has 1 saturated heterocycles. The highest BCUT2D eigenvalue weighted by molar-refractivity contribution is 7.17. The molecule has 0 spiro atoms. The number of benzene rings is 1. The summed E-state index contributed by atoms with van der Waals surface area (Å²) < 4.78 is 1.55. The monoisotopic (exact) mass is 357 g/mol. The summed E-state index contributed by atoms with van der Waals surface area (Å²) in [5, 5.41) is 14.9. The lowest BCUT2D eigenvalue weighted by Crippen LogP contribution is -3.14. The van der Waals surface area contributed by atoms with E-state index < -0.39 is 0 Å². The number of thiazole rings is 1. The van der Waals surface area contributed by atoms with Crippen molar-refractivity contribution < 1.29 is 10.0 Å². The number of rotatable bonds is 3. The summed E-state index contributed by atoms with van der Waals surface area (Å²) in [6, 6.07) is 8.84. The Labute approximate surface area is 151 Å². The molecule has 1 fully saturated rings. The first-order valence-corrected chi connectivity index (χ1v) is 9.77. The van der Waals surface area contributed by atoms with Crippen molar-refractivity contribution in [1.29, 1.82) is 0 Å². The van der Waals surface area contributed by atoms with Gasteiger partial charge in [-0.1, -0.05) is 55.0 Å². The van der Waals surface area contributed by atoms with E-state index in [1.807, 2.05) is 0 Å². The highest BCUT2D eigenvalue weighted by Crippen LogP contribution is 2.35. The minimum absolute atomic E-state index is 0.124. The molecule has 132 valence electrons. The second-order valence-corrected chi connectivity index (χ2v) is 8.61. The van der Waals surface area contributed by atoms with Gasteiger partial charge in [-0.2, -0.15) is 9.61 Å². The van der Waals surface area contributed by atoms with Crippen LogP contribution in [0, 0.1) is 18.8 Å². The first-order valence-electron chi connectivity index (χ1n) is 8.95. The third-order valence-electron chi connectivity index (χ3n) is 5.25. The van der Waals surface area contributed by atoms with Crippen LogP contribution in [-0.2, 0) is 0 Å². The van der Waals surface area contributed by atoms with Gasteiger partial charge in [0, 0.05) is 17.4 Å². The lowest BCUT2D eigenvalue weighted by molar-refractivity contribution is -0.936. The van der Waals surface area contributed by atoms with Gasteiger partial charge in [0.25, 0.3) is 0 Å². The van der Waals surface area contributed by atoms with Crippen LogP contribution in [0.15, 0.2) is 30.6 Å². The Hall–Kier alpha value is -1.92. The van der Waals surface area contributed by atoms with Gasteiger partial charge in [0.05, 0.1) is 13.1 Å². The van der Waals surface area contributed by atoms with Crippen molar-refractivity contribution in [2.45, 2.75) is 33.2 Å². The van der Waals surface area contributed by atoms with E-state index in [2.05, 4.69) is 55.1 Å². The van der Waals surface area contributed by atoms with Crippen LogP contribution in [0.4, 0.5) is 0 Å². The molecule has 4 rings (SSSR count). The van der Waals surface area contributed by atoms with Crippen LogP contribution < -0.4 is 4.90 Å². The van der Waals surface area contributed by atoms with Crippen LogP contribution in [0.25, 0.3) is 4.96 Å². The summed E-state index contributed by atoms with van der Waals surface area (Å²) in [5.41, 5.74) is 2.51. The van der Waals surface area contributed by atoms with Crippen molar-refractivity contribution >= 4 is 16.3 Å². The largest absolute Gasteiger partial charge is 0.492 e. The van der Waals surface area contributed by atoms with E-state index in [1.165, 1.54) is 28.8 Å². The molecule has 3 aromatic rings. The minimum Gasteiger partial charge on any atom is -0.492 e. The third kappa shape index (κ3) is 3.04. The van der Waals surface area contributed by atoms with E-state index >= 15 is 0 Å². The summed E-state index contributed by atoms with van der Waals surface area (Å²) in [4.78, 5) is 7.51. The van der Waals surface area contributed by atoms with Crippen LogP contribution in [0.5, 0.6) is 5.88 Å². The number of aryl methyl sites for hydroxylation is 1. The molecule has 2 N–H and O–H groups in total. The molecule has 1 aliphatic heterocycles. The smallest absolute Gasteiger partial charge is 0.235 e. The molecule has 1 aromatic carbocycles. The van der Waals surface area contributed by atoms with E-state index in [-0.39, 0.29) is 11.9 Å². The standard InChI is InChI=1S/C19H24N4OS/c1-12-4-6-15(7-5-12)16(22-9-13(2)8-14(3)10-22)17-18(24)23-19(25-17)20-11-21-23/h4-7,11,13-14,16,24H,8-10H2,1-3H3/p+1/t13-,14+,16-/m1/s1. The predicted octanol–water partition coefficient (Wildman–Crippen LogP) is 2.46. The molecular formula is C19H25N4OS+. The molecule has 1 aliphatic rings. The molecule has 0 amide bonds. The van der Waals surface area contributed by atoms with Crippen molar-refractivity contribution in [2.75, 3.05) is 13.1 Å². The molecule has 4 atom stereocenters. The average Bonchev–Trinajstić information content (AvgIpc) is 3.13. The van der Waals surface area contributed by atoms with E-state index in [9.17, 15) is 5.11 Å². The number of aromatic nitrogens is 3. The summed E-state index contributed by atoms with van der Waals surface area (Å²) in [7, 11) is 0. The van der Waals surface area contributed by atoms with Crippen LogP contribution >= 0.6 is 11.3 Å². The van der Waals surface area contributed by atoms with Crippen LogP contribution in [-0.4, -0.2) is 32.8 Å². The molecule has 0 aliphatic carbocycles. The predicted molar refractivity (Wildman–Crippen MR) is 99.2 cm³/mol. The zero-order valence-corrected chi connectivity index (χ0v) is 15.8. The van der Waals surface area contributed by atoms with Gasteiger partial charge in [0.2, 0.25) is 10.8 Å². The summed E-state index contributed by atoms with van der Waals surface area (Å²) in [6.07, 6.45) is 2.78. The fourth-order valence-electron chi connectivity index (χ4n) is 4.28. The fraction of sp³-hybridized carbons (Fsp3) is 0.474. The van der Waals surface area contributed by atoms with Crippen LogP contribution in [0.2, 0.25) is 0 Å². The second kappa shape index (κ2) is 6.42. The Morgan fingerprint density at radius 1 is 1.20 bits per heavy atom. The Kier molecular flexibility index (Phi) is 4.25. The average molecular weight is 358 g/mol. The van der Waals surface area contributed by atoms with E-state index in [0.29, 0.717) is 11.8 Å². The molecule has 0 radical (unpaired) electrons. The Bertz CT molecular complexity index is 859. The number of hydrogen-bond acceptors (Lipinski definition) is 4. The highest BCUT2D eigenvalue weighted by atomic mass is 32.1. The zero-order valence-electron chi connectivity index (χ0n) is 14.9. The number of nitrogens with zero attached hydrogens (tertiary/aromatic N) is 3. The number of hydrogen-bond donors (Lipinski definition) is 2. The van der Waals surface area contributed by atoms with E-state index in [1.54, 1.807) is 15.9 Å². The first kappa shape index (κ1) is 16.5. The van der Waals surface area contributed by atoms with Crippen molar-refractivity contribution in [3.8, 4) is 5.88 Å². The topological polar surface area (TPSA) is 54.9 Å². The Morgan fingerprint density at radius 2 is 1.88 bits per heavy atom. The summed E-state index contributed by atoms with van der Waals surface area (Å²) >= 11 is 1.55. The van der Waals surface area contributed by atoms with Crippen LogP contribution in [0.3, 0.4) is 0 Å². The zero-order chi connectivity index (χ0) is 17.6. The Morgan fingerprint density at radius 3 is 2.52 bits per heavy atom. The molecule has 25 heavy (non-hydrogen) atoms. The molecule has 1 unspecified atom stereocenters. The highest BCUT2D eigenvalue weighted by Gasteiger charge is 2.36. The normalized spacial score (nSPS) is 25.3. The van der Waals surface area contributed by atoms with Gasteiger partial charge in [-0.05, 0) is 13.3 Å². The summed E-state index contributed by atoms with van der Waals surface area (Å²) in [5.74, 6) is 1.62. The maximum atomic E-state index is 10.8. The van der Waals surface area contributed by atoms with Gasteiger partial charge < -0.3 is 10.0 Å². The van der Waals surface area contributed by atoms with Gasteiger partial charge in [-0.25, -0.2) is 4.98 Å². The first-order chi connectivity index (χ1) is 12.0. The number of nitrogens with one attached hydrogen (secondary N) is 1. The molecule has 0 saturated carbocycles. The van der Waals surface area contributed by atoms with E-state index in [4.69, 9.17) is 0 Å².